The molecule has 0 amide bonds. The van der Waals surface area contributed by atoms with Crippen LogP contribution < -0.4 is 0 Å². The van der Waals surface area contributed by atoms with E-state index in [-0.39, 0.29) is 11.9 Å². The van der Waals surface area contributed by atoms with Gasteiger partial charge in [-0.3, -0.25) is 9.69 Å². The molecule has 0 aliphatic carbocycles. The first-order valence-electron chi connectivity index (χ1n) is 6.58. The standard InChI is InChI=1S/C13H26N2O2/c1-5-15-8-6-7-12(15)10-14(3)9-11(2)13(16)17-4/h11-12H,5-10H2,1-4H3. The van der Waals surface area contributed by atoms with Gasteiger partial charge in [-0.1, -0.05) is 13.8 Å². The van der Waals surface area contributed by atoms with E-state index >= 15 is 0 Å². The fourth-order valence-electron chi connectivity index (χ4n) is 2.70. The summed E-state index contributed by atoms with van der Waals surface area (Å²) in [6.45, 7) is 8.33. The zero-order chi connectivity index (χ0) is 12.8. The third-order valence-corrected chi connectivity index (χ3v) is 3.62. The minimum atomic E-state index is -0.115. The molecular weight excluding hydrogens is 216 g/mol. The van der Waals surface area contributed by atoms with Crippen LogP contribution >= 0.6 is 0 Å². The van der Waals surface area contributed by atoms with Crippen molar-refractivity contribution < 1.29 is 9.53 Å². The zero-order valence-electron chi connectivity index (χ0n) is 11.6. The zero-order valence-corrected chi connectivity index (χ0v) is 11.6. The number of rotatable bonds is 6. The maximum Gasteiger partial charge on any atom is 0.309 e. The first kappa shape index (κ1) is 14.5. The van der Waals surface area contributed by atoms with Gasteiger partial charge in [0.25, 0.3) is 0 Å². The van der Waals surface area contributed by atoms with Crippen LogP contribution in [0.3, 0.4) is 0 Å². The SMILES string of the molecule is CCN1CCCC1CN(C)CC(C)C(=O)OC. The lowest BCUT2D eigenvalue weighted by Crippen LogP contribution is -2.41. The van der Waals surface area contributed by atoms with Gasteiger partial charge in [0.05, 0.1) is 13.0 Å². The highest BCUT2D eigenvalue weighted by molar-refractivity contribution is 5.72. The molecule has 1 aliphatic rings. The Balaban J connectivity index is 2.33. The number of methoxy groups -OCH3 is 1. The molecule has 1 rings (SSSR count). The molecule has 0 aromatic heterocycles. The van der Waals surface area contributed by atoms with E-state index in [9.17, 15) is 4.79 Å². The number of likely N-dealkylation sites (N-methyl/N-ethyl adjacent to an activating group) is 2. The first-order chi connectivity index (χ1) is 8.08. The number of nitrogens with zero attached hydrogens (tertiary/aromatic N) is 2. The second kappa shape index (κ2) is 6.97. The summed E-state index contributed by atoms with van der Waals surface area (Å²) >= 11 is 0. The summed E-state index contributed by atoms with van der Waals surface area (Å²) in [5, 5.41) is 0. The first-order valence-corrected chi connectivity index (χ1v) is 6.58. The fourth-order valence-corrected chi connectivity index (χ4v) is 2.70. The largest absolute Gasteiger partial charge is 0.469 e. The smallest absolute Gasteiger partial charge is 0.309 e. The predicted molar refractivity (Wildman–Crippen MR) is 68.9 cm³/mol. The Kier molecular flexibility index (Phi) is 5.92. The fraction of sp³-hybridized carbons (Fsp3) is 0.923. The van der Waals surface area contributed by atoms with Crippen molar-refractivity contribution in [3.8, 4) is 0 Å². The number of ether oxygens (including phenoxy) is 1. The van der Waals surface area contributed by atoms with Crippen molar-refractivity contribution in [3.05, 3.63) is 0 Å². The van der Waals surface area contributed by atoms with Crippen LogP contribution in [0.4, 0.5) is 0 Å². The molecule has 100 valence electrons. The van der Waals surface area contributed by atoms with Gasteiger partial charge >= 0.3 is 5.97 Å². The number of esters is 1. The number of carbonyl (C=O) groups is 1. The van der Waals surface area contributed by atoms with Crippen LogP contribution in [-0.4, -0.2) is 62.1 Å². The molecule has 1 aliphatic heterocycles. The summed E-state index contributed by atoms with van der Waals surface area (Å²) in [6.07, 6.45) is 2.59. The molecule has 1 saturated heterocycles. The second-order valence-electron chi connectivity index (χ2n) is 5.07. The van der Waals surface area contributed by atoms with Gasteiger partial charge in [0.2, 0.25) is 0 Å². The Hall–Kier alpha value is -0.610. The van der Waals surface area contributed by atoms with Crippen LogP contribution in [0.2, 0.25) is 0 Å². The summed E-state index contributed by atoms with van der Waals surface area (Å²) in [5.74, 6) is -0.155. The predicted octanol–water partition coefficient (Wildman–Crippen LogP) is 1.21. The highest BCUT2D eigenvalue weighted by Crippen LogP contribution is 2.17. The van der Waals surface area contributed by atoms with E-state index in [1.807, 2.05) is 6.92 Å². The average molecular weight is 242 g/mol. The number of hydrogen-bond acceptors (Lipinski definition) is 4. The Labute approximate surface area is 105 Å². The topological polar surface area (TPSA) is 32.8 Å². The molecule has 0 saturated carbocycles. The van der Waals surface area contributed by atoms with Crippen molar-refractivity contribution in [1.82, 2.24) is 9.80 Å². The molecule has 0 N–H and O–H groups in total. The average Bonchev–Trinajstić information content (AvgIpc) is 2.74. The van der Waals surface area contributed by atoms with Crippen LogP contribution in [0.25, 0.3) is 0 Å². The Morgan fingerprint density at radius 3 is 2.88 bits per heavy atom. The molecule has 4 heteroatoms. The lowest BCUT2D eigenvalue weighted by molar-refractivity contribution is -0.145. The lowest BCUT2D eigenvalue weighted by atomic mass is 10.1. The monoisotopic (exact) mass is 242 g/mol. The van der Waals surface area contributed by atoms with Gasteiger partial charge in [0, 0.05) is 19.1 Å². The van der Waals surface area contributed by atoms with Gasteiger partial charge in [-0.05, 0) is 33.0 Å². The molecule has 1 heterocycles. The van der Waals surface area contributed by atoms with Crippen molar-refractivity contribution in [2.45, 2.75) is 32.7 Å². The van der Waals surface area contributed by atoms with Gasteiger partial charge < -0.3 is 9.64 Å². The molecule has 4 nitrogen and oxygen atoms in total. The maximum absolute atomic E-state index is 11.3. The summed E-state index contributed by atoms with van der Waals surface area (Å²) in [4.78, 5) is 16.1. The number of likely N-dealkylation sites (tertiary alicyclic amines) is 1. The molecule has 2 unspecified atom stereocenters. The molecule has 2 atom stereocenters. The van der Waals surface area contributed by atoms with E-state index < -0.39 is 0 Å². The third kappa shape index (κ3) is 4.28. The highest BCUT2D eigenvalue weighted by Gasteiger charge is 2.25. The normalized spacial score (nSPS) is 23.0. The van der Waals surface area contributed by atoms with Gasteiger partial charge in [0.15, 0.2) is 0 Å². The second-order valence-corrected chi connectivity index (χ2v) is 5.07. The minimum absolute atomic E-state index is 0.0403. The van der Waals surface area contributed by atoms with E-state index in [0.29, 0.717) is 6.04 Å². The van der Waals surface area contributed by atoms with Gasteiger partial charge in [-0.2, -0.15) is 0 Å². The van der Waals surface area contributed by atoms with Crippen molar-refractivity contribution in [2.24, 2.45) is 5.92 Å². The van der Waals surface area contributed by atoms with E-state index in [1.165, 1.54) is 26.5 Å². The molecule has 0 radical (unpaired) electrons. The molecule has 0 aromatic rings. The van der Waals surface area contributed by atoms with Crippen LogP contribution in [-0.2, 0) is 9.53 Å². The van der Waals surface area contributed by atoms with Gasteiger partial charge in [-0.15, -0.1) is 0 Å². The van der Waals surface area contributed by atoms with E-state index in [1.54, 1.807) is 0 Å². The van der Waals surface area contributed by atoms with Crippen molar-refractivity contribution in [1.29, 1.82) is 0 Å². The number of carbonyl (C=O) groups excluding carboxylic acids is 1. The molecule has 0 aromatic carbocycles. The van der Waals surface area contributed by atoms with Crippen LogP contribution in [0.5, 0.6) is 0 Å². The lowest BCUT2D eigenvalue weighted by Gasteiger charge is -2.28. The highest BCUT2D eigenvalue weighted by atomic mass is 16.5. The summed E-state index contributed by atoms with van der Waals surface area (Å²) in [5.41, 5.74) is 0. The van der Waals surface area contributed by atoms with Crippen LogP contribution in [0, 0.1) is 5.92 Å². The summed E-state index contributed by atoms with van der Waals surface area (Å²) in [7, 11) is 3.54. The maximum atomic E-state index is 11.3. The van der Waals surface area contributed by atoms with Crippen molar-refractivity contribution >= 4 is 5.97 Å². The van der Waals surface area contributed by atoms with E-state index in [2.05, 4.69) is 23.8 Å². The molecule has 0 bridgehead atoms. The Morgan fingerprint density at radius 2 is 2.29 bits per heavy atom. The minimum Gasteiger partial charge on any atom is -0.469 e. The van der Waals surface area contributed by atoms with Crippen LogP contribution in [0.15, 0.2) is 0 Å². The van der Waals surface area contributed by atoms with Crippen molar-refractivity contribution in [3.63, 3.8) is 0 Å². The molecular formula is C13H26N2O2. The van der Waals surface area contributed by atoms with E-state index in [4.69, 9.17) is 4.74 Å². The van der Waals surface area contributed by atoms with Gasteiger partial charge in [-0.25, -0.2) is 0 Å². The molecule has 0 spiro atoms. The Morgan fingerprint density at radius 1 is 1.59 bits per heavy atom. The molecule has 17 heavy (non-hydrogen) atoms. The van der Waals surface area contributed by atoms with Crippen molar-refractivity contribution in [2.75, 3.05) is 40.3 Å². The Bertz CT molecular complexity index is 246. The summed E-state index contributed by atoms with van der Waals surface area (Å²) in [6, 6.07) is 0.662. The third-order valence-electron chi connectivity index (χ3n) is 3.62. The molecule has 1 fully saturated rings. The van der Waals surface area contributed by atoms with Gasteiger partial charge in [0.1, 0.15) is 0 Å². The quantitative estimate of drug-likeness (QED) is 0.656. The summed E-state index contributed by atoms with van der Waals surface area (Å²) < 4.78 is 4.75. The van der Waals surface area contributed by atoms with Crippen LogP contribution in [0.1, 0.15) is 26.7 Å². The van der Waals surface area contributed by atoms with E-state index in [0.717, 1.165) is 19.6 Å². The number of hydrogen-bond donors (Lipinski definition) is 0.